The van der Waals surface area contributed by atoms with E-state index in [0.717, 1.165) is 31.4 Å². The van der Waals surface area contributed by atoms with E-state index in [0.29, 0.717) is 5.56 Å². The molecule has 1 saturated heterocycles. The lowest BCUT2D eigenvalue weighted by molar-refractivity contribution is -0.227. The van der Waals surface area contributed by atoms with Crippen LogP contribution in [-0.4, -0.2) is 27.6 Å². The molecule has 0 bridgehead atoms. The van der Waals surface area contributed by atoms with Gasteiger partial charge < -0.3 is 10.0 Å². The quantitative estimate of drug-likeness (QED) is 0.829. The Hall–Kier alpha value is -1.56. The van der Waals surface area contributed by atoms with Crippen LogP contribution >= 0.6 is 0 Å². The fourth-order valence-corrected chi connectivity index (χ4v) is 3.63. The summed E-state index contributed by atoms with van der Waals surface area (Å²) in [5.41, 5.74) is -2.88. The molecular weight excluding hydrogens is 319 g/mol. The Bertz CT molecular complexity index is 661. The van der Waals surface area contributed by atoms with E-state index in [-0.39, 0.29) is 11.9 Å². The first-order chi connectivity index (χ1) is 11.0. The van der Waals surface area contributed by atoms with Crippen molar-refractivity contribution in [1.82, 2.24) is 4.90 Å². The molecule has 6 heteroatoms. The Labute approximate surface area is 139 Å². The van der Waals surface area contributed by atoms with Gasteiger partial charge in [-0.1, -0.05) is 32.9 Å². The molecular formula is C18H22F3NO2. The number of nitrogens with zero attached hydrogens (tertiary/aromatic N) is 1. The first-order valence-electron chi connectivity index (χ1n) is 8.20. The number of rotatable bonds is 2. The minimum atomic E-state index is -4.45. The van der Waals surface area contributed by atoms with E-state index < -0.39 is 28.8 Å². The van der Waals surface area contributed by atoms with Crippen LogP contribution in [0.1, 0.15) is 57.2 Å². The fourth-order valence-electron chi connectivity index (χ4n) is 3.63. The summed E-state index contributed by atoms with van der Waals surface area (Å²) in [5.74, 6) is -0.373. The van der Waals surface area contributed by atoms with E-state index in [2.05, 4.69) is 0 Å². The van der Waals surface area contributed by atoms with Crippen molar-refractivity contribution in [2.24, 2.45) is 5.41 Å². The summed E-state index contributed by atoms with van der Waals surface area (Å²) in [6.45, 7) is 5.22. The number of halogens is 3. The molecule has 1 aliphatic carbocycles. The molecule has 2 fully saturated rings. The molecule has 24 heavy (non-hydrogen) atoms. The SMILES string of the molecule is CC(C)(C)C1(O)C(=O)N(C2CCC2)C1c1cccc(C(F)(F)F)c1. The Balaban J connectivity index is 2.05. The number of hydrogen-bond donors (Lipinski definition) is 1. The van der Waals surface area contributed by atoms with E-state index in [4.69, 9.17) is 0 Å². The number of hydrogen-bond acceptors (Lipinski definition) is 2. The van der Waals surface area contributed by atoms with Crippen molar-refractivity contribution in [3.8, 4) is 0 Å². The summed E-state index contributed by atoms with van der Waals surface area (Å²) < 4.78 is 39.1. The van der Waals surface area contributed by atoms with Gasteiger partial charge >= 0.3 is 6.18 Å². The van der Waals surface area contributed by atoms with Crippen LogP contribution in [0.5, 0.6) is 0 Å². The zero-order valence-electron chi connectivity index (χ0n) is 14.0. The van der Waals surface area contributed by atoms with Crippen molar-refractivity contribution in [3.05, 3.63) is 35.4 Å². The number of β-lactam (4-membered cyclic amide) rings is 1. The van der Waals surface area contributed by atoms with Gasteiger partial charge in [0.2, 0.25) is 0 Å². The summed E-state index contributed by atoms with van der Waals surface area (Å²) >= 11 is 0. The van der Waals surface area contributed by atoms with Crippen LogP contribution in [-0.2, 0) is 11.0 Å². The third-order valence-electron chi connectivity index (χ3n) is 5.38. The van der Waals surface area contributed by atoms with Crippen LogP contribution in [0, 0.1) is 5.41 Å². The van der Waals surface area contributed by atoms with Gasteiger partial charge in [0.1, 0.15) is 0 Å². The largest absolute Gasteiger partial charge is 0.416 e. The van der Waals surface area contributed by atoms with Crippen molar-refractivity contribution >= 4 is 5.91 Å². The van der Waals surface area contributed by atoms with Gasteiger partial charge in [-0.3, -0.25) is 4.79 Å². The molecule has 3 nitrogen and oxygen atoms in total. The standard InChI is InChI=1S/C18H22F3NO2/c1-16(2,3)17(24)14(22(15(17)23)13-8-5-9-13)11-6-4-7-12(10-11)18(19,20)21/h4,6-7,10,13-14,24H,5,8-9H2,1-3H3. The average Bonchev–Trinajstić information content (AvgIpc) is 2.42. The predicted octanol–water partition coefficient (Wildman–Crippen LogP) is 3.92. The lowest BCUT2D eigenvalue weighted by Gasteiger charge is -2.62. The molecule has 0 aromatic heterocycles. The molecule has 132 valence electrons. The lowest BCUT2D eigenvalue weighted by Crippen LogP contribution is -2.76. The Kier molecular flexibility index (Phi) is 3.75. The number of carbonyl (C=O) groups is 1. The van der Waals surface area contributed by atoms with E-state index >= 15 is 0 Å². The van der Waals surface area contributed by atoms with E-state index in [9.17, 15) is 23.1 Å². The molecule has 1 aromatic rings. The van der Waals surface area contributed by atoms with Crippen LogP contribution in [0.15, 0.2) is 24.3 Å². The van der Waals surface area contributed by atoms with Crippen LogP contribution in [0.3, 0.4) is 0 Å². The monoisotopic (exact) mass is 341 g/mol. The number of aliphatic hydroxyl groups is 1. The number of benzene rings is 1. The number of likely N-dealkylation sites (tertiary alicyclic amines) is 1. The van der Waals surface area contributed by atoms with Crippen LogP contribution in [0.25, 0.3) is 0 Å². The highest BCUT2D eigenvalue weighted by Crippen LogP contribution is 2.55. The van der Waals surface area contributed by atoms with Gasteiger partial charge in [0, 0.05) is 11.5 Å². The zero-order valence-corrected chi connectivity index (χ0v) is 14.0. The molecule has 0 spiro atoms. The molecule has 3 rings (SSSR count). The van der Waals surface area contributed by atoms with Crippen molar-refractivity contribution < 1.29 is 23.1 Å². The molecule has 1 aromatic carbocycles. The lowest BCUT2D eigenvalue weighted by atomic mass is 9.62. The molecule has 1 amide bonds. The van der Waals surface area contributed by atoms with Gasteiger partial charge in [-0.15, -0.1) is 0 Å². The van der Waals surface area contributed by atoms with Gasteiger partial charge in [0.25, 0.3) is 5.91 Å². The van der Waals surface area contributed by atoms with E-state index in [1.54, 1.807) is 31.7 Å². The van der Waals surface area contributed by atoms with Crippen LogP contribution < -0.4 is 0 Å². The van der Waals surface area contributed by atoms with Gasteiger partial charge in [0.15, 0.2) is 5.60 Å². The van der Waals surface area contributed by atoms with Crippen molar-refractivity contribution in [3.63, 3.8) is 0 Å². The van der Waals surface area contributed by atoms with Gasteiger partial charge in [-0.2, -0.15) is 13.2 Å². The smallest absolute Gasteiger partial charge is 0.377 e. The molecule has 1 aliphatic heterocycles. The second-order valence-corrected chi connectivity index (χ2v) is 7.84. The molecule has 0 radical (unpaired) electrons. The molecule has 2 aliphatic rings. The second-order valence-electron chi connectivity index (χ2n) is 7.84. The molecule has 1 saturated carbocycles. The fraction of sp³-hybridized carbons (Fsp3) is 0.611. The van der Waals surface area contributed by atoms with Crippen molar-refractivity contribution in [2.75, 3.05) is 0 Å². The first-order valence-corrected chi connectivity index (χ1v) is 8.20. The highest BCUT2D eigenvalue weighted by Gasteiger charge is 2.67. The molecule has 1 N–H and O–H groups in total. The summed E-state index contributed by atoms with van der Waals surface area (Å²) in [7, 11) is 0. The maximum atomic E-state index is 13.0. The highest BCUT2D eigenvalue weighted by molar-refractivity contribution is 5.94. The first kappa shape index (κ1) is 17.3. The van der Waals surface area contributed by atoms with E-state index in [1.807, 2.05) is 0 Å². The Morgan fingerprint density at radius 3 is 2.29 bits per heavy atom. The predicted molar refractivity (Wildman–Crippen MR) is 83.1 cm³/mol. The number of carbonyl (C=O) groups excluding carboxylic acids is 1. The normalized spacial score (nSPS) is 28.5. The number of amides is 1. The van der Waals surface area contributed by atoms with Gasteiger partial charge in [-0.25, -0.2) is 0 Å². The highest BCUT2D eigenvalue weighted by atomic mass is 19.4. The molecule has 2 unspecified atom stereocenters. The minimum Gasteiger partial charge on any atom is -0.377 e. The molecule has 2 atom stereocenters. The summed E-state index contributed by atoms with van der Waals surface area (Å²) in [5, 5.41) is 11.1. The summed E-state index contributed by atoms with van der Waals surface area (Å²) in [4.78, 5) is 14.3. The van der Waals surface area contributed by atoms with Crippen LogP contribution in [0.2, 0.25) is 0 Å². The average molecular weight is 341 g/mol. The Morgan fingerprint density at radius 2 is 1.83 bits per heavy atom. The summed E-state index contributed by atoms with van der Waals surface area (Å²) in [6, 6.07) is 4.24. The van der Waals surface area contributed by atoms with Crippen molar-refractivity contribution in [1.29, 1.82) is 0 Å². The topological polar surface area (TPSA) is 40.5 Å². The third kappa shape index (κ3) is 2.34. The summed E-state index contributed by atoms with van der Waals surface area (Å²) in [6.07, 6.45) is -1.79. The van der Waals surface area contributed by atoms with Crippen molar-refractivity contribution in [2.45, 2.75) is 63.9 Å². The zero-order chi connectivity index (χ0) is 17.9. The second kappa shape index (κ2) is 5.22. The Morgan fingerprint density at radius 1 is 1.21 bits per heavy atom. The number of alkyl halides is 3. The van der Waals surface area contributed by atoms with Crippen LogP contribution in [0.4, 0.5) is 13.2 Å². The third-order valence-corrected chi connectivity index (χ3v) is 5.38. The molecule has 1 heterocycles. The van der Waals surface area contributed by atoms with Gasteiger partial charge in [0.05, 0.1) is 11.6 Å². The minimum absolute atomic E-state index is 0.0136. The maximum absolute atomic E-state index is 13.0. The maximum Gasteiger partial charge on any atom is 0.416 e. The van der Waals surface area contributed by atoms with E-state index in [1.165, 1.54) is 6.07 Å². The van der Waals surface area contributed by atoms with Gasteiger partial charge in [-0.05, 0) is 37.0 Å².